The van der Waals surface area contributed by atoms with Crippen LogP contribution < -0.4 is 4.90 Å². The largest absolute Gasteiger partial charge is 0.311 e. The van der Waals surface area contributed by atoms with E-state index in [1.807, 2.05) is 66.7 Å². The van der Waals surface area contributed by atoms with Crippen molar-refractivity contribution in [3.8, 4) is 0 Å². The van der Waals surface area contributed by atoms with Crippen molar-refractivity contribution in [2.24, 2.45) is 0 Å². The second-order valence-corrected chi connectivity index (χ2v) is 7.88. The maximum absolute atomic E-state index is 12.8. The van der Waals surface area contributed by atoms with E-state index < -0.39 is 4.92 Å². The summed E-state index contributed by atoms with van der Waals surface area (Å²) in [4.78, 5) is 25.6. The van der Waals surface area contributed by atoms with Crippen molar-refractivity contribution in [1.29, 1.82) is 0 Å². The van der Waals surface area contributed by atoms with E-state index in [-0.39, 0.29) is 11.5 Å². The summed E-state index contributed by atoms with van der Waals surface area (Å²) in [7, 11) is 0. The van der Waals surface area contributed by atoms with Crippen LogP contribution in [0.15, 0.2) is 109 Å². The van der Waals surface area contributed by atoms with Crippen molar-refractivity contribution >= 4 is 34.6 Å². The van der Waals surface area contributed by atoms with Crippen molar-refractivity contribution in [2.75, 3.05) is 4.90 Å². The highest BCUT2D eigenvalue weighted by Gasteiger charge is 2.25. The Morgan fingerprint density at radius 2 is 1.30 bits per heavy atom. The third-order valence-electron chi connectivity index (χ3n) is 5.73. The number of fused-ring (bicyclic) bond motifs is 1. The highest BCUT2D eigenvalue weighted by molar-refractivity contribution is 6.18. The molecule has 0 spiro atoms. The number of ketones is 1. The second-order valence-electron chi connectivity index (χ2n) is 7.88. The SMILES string of the molecule is O=C1C(Cc2ccc(N(c3ccccc3)c3ccccc3)cc2)=Cc2ccc([N+](=O)[O-])cc21. The van der Waals surface area contributed by atoms with E-state index in [0.29, 0.717) is 17.6 Å². The molecule has 5 nitrogen and oxygen atoms in total. The molecule has 1 aliphatic rings. The standard InChI is InChI=1S/C28H20N2O3/c31-28-22(18-21-13-16-26(30(32)33)19-27(21)28)17-20-11-14-25(15-12-20)29(23-7-3-1-4-8-23)24-9-5-2-6-10-24/h1-16,18-19H,17H2. The van der Waals surface area contributed by atoms with Crippen molar-refractivity contribution < 1.29 is 9.72 Å². The third kappa shape index (κ3) is 4.04. The minimum absolute atomic E-state index is 0.0666. The summed E-state index contributed by atoms with van der Waals surface area (Å²) < 4.78 is 0. The van der Waals surface area contributed by atoms with Gasteiger partial charge >= 0.3 is 0 Å². The van der Waals surface area contributed by atoms with Crippen LogP contribution in [0.4, 0.5) is 22.7 Å². The van der Waals surface area contributed by atoms with Crippen molar-refractivity contribution in [2.45, 2.75) is 6.42 Å². The van der Waals surface area contributed by atoms with Crippen LogP contribution in [0.5, 0.6) is 0 Å². The number of nitrogens with zero attached hydrogens (tertiary/aromatic N) is 2. The number of hydrogen-bond donors (Lipinski definition) is 0. The van der Waals surface area contributed by atoms with Crippen LogP contribution in [-0.2, 0) is 6.42 Å². The highest BCUT2D eigenvalue weighted by Crippen LogP contribution is 2.35. The summed E-state index contributed by atoms with van der Waals surface area (Å²) in [6.07, 6.45) is 2.30. The number of benzene rings is 4. The molecule has 33 heavy (non-hydrogen) atoms. The van der Waals surface area contributed by atoms with Gasteiger partial charge in [-0.2, -0.15) is 0 Å². The summed E-state index contributed by atoms with van der Waals surface area (Å²) in [5.74, 6) is -0.145. The van der Waals surface area contributed by atoms with Gasteiger partial charge in [0.05, 0.1) is 4.92 Å². The Kier molecular flexibility index (Phi) is 5.29. The van der Waals surface area contributed by atoms with Gasteiger partial charge in [0.25, 0.3) is 5.69 Å². The van der Waals surface area contributed by atoms with E-state index in [1.165, 1.54) is 12.1 Å². The lowest BCUT2D eigenvalue weighted by atomic mass is 10.0. The number of Topliss-reactive ketones (excluding diaryl/α,β-unsaturated/α-hetero) is 1. The summed E-state index contributed by atoms with van der Waals surface area (Å²) in [5, 5.41) is 11.0. The number of carbonyl (C=O) groups excluding carboxylic acids is 1. The fourth-order valence-corrected chi connectivity index (χ4v) is 4.12. The molecule has 0 bridgehead atoms. The number of para-hydroxylation sites is 2. The Balaban J connectivity index is 1.40. The van der Waals surface area contributed by atoms with E-state index in [1.54, 1.807) is 6.07 Å². The summed E-state index contributed by atoms with van der Waals surface area (Å²) in [6, 6.07) is 32.9. The van der Waals surface area contributed by atoms with E-state index in [0.717, 1.165) is 28.2 Å². The molecule has 4 aromatic carbocycles. The average Bonchev–Trinajstić information content (AvgIpc) is 3.16. The molecule has 5 heteroatoms. The third-order valence-corrected chi connectivity index (χ3v) is 5.73. The number of anilines is 3. The smallest absolute Gasteiger partial charge is 0.270 e. The van der Waals surface area contributed by atoms with E-state index in [4.69, 9.17) is 0 Å². The lowest BCUT2D eigenvalue weighted by Crippen LogP contribution is -2.09. The molecule has 0 radical (unpaired) electrons. The van der Waals surface area contributed by atoms with Gasteiger partial charge in [-0.15, -0.1) is 0 Å². The monoisotopic (exact) mass is 432 g/mol. The van der Waals surface area contributed by atoms with E-state index in [9.17, 15) is 14.9 Å². The lowest BCUT2D eigenvalue weighted by molar-refractivity contribution is -0.384. The maximum Gasteiger partial charge on any atom is 0.270 e. The van der Waals surface area contributed by atoms with Crippen LogP contribution in [0, 0.1) is 10.1 Å². The first-order valence-electron chi connectivity index (χ1n) is 10.6. The first kappa shape index (κ1) is 20.4. The molecule has 0 unspecified atom stereocenters. The van der Waals surface area contributed by atoms with Gasteiger partial charge in [0.1, 0.15) is 0 Å². The maximum atomic E-state index is 12.8. The Morgan fingerprint density at radius 3 is 1.88 bits per heavy atom. The number of hydrogen-bond acceptors (Lipinski definition) is 4. The molecule has 0 fully saturated rings. The number of carbonyl (C=O) groups is 1. The zero-order valence-corrected chi connectivity index (χ0v) is 17.7. The molecule has 0 aromatic heterocycles. The quantitative estimate of drug-likeness (QED) is 0.246. The van der Waals surface area contributed by atoms with Gasteiger partial charge in [-0.05, 0) is 59.7 Å². The van der Waals surface area contributed by atoms with Gasteiger partial charge < -0.3 is 4.90 Å². The minimum atomic E-state index is -0.477. The van der Waals surface area contributed by atoms with E-state index in [2.05, 4.69) is 29.2 Å². The molecule has 0 aliphatic heterocycles. The lowest BCUT2D eigenvalue weighted by Gasteiger charge is -2.25. The topological polar surface area (TPSA) is 63.5 Å². The van der Waals surface area contributed by atoms with Gasteiger partial charge in [0.2, 0.25) is 0 Å². The molecule has 0 N–H and O–H groups in total. The van der Waals surface area contributed by atoms with Crippen LogP contribution in [0.2, 0.25) is 0 Å². The Hall–Kier alpha value is -4.51. The van der Waals surface area contributed by atoms with Crippen LogP contribution in [-0.4, -0.2) is 10.7 Å². The Bertz CT molecular complexity index is 1320. The summed E-state index contributed by atoms with van der Waals surface area (Å²) >= 11 is 0. The number of nitro groups is 1. The zero-order chi connectivity index (χ0) is 22.8. The summed E-state index contributed by atoms with van der Waals surface area (Å²) in [6.45, 7) is 0. The van der Waals surface area contributed by atoms with Crippen molar-refractivity contribution in [1.82, 2.24) is 0 Å². The highest BCUT2D eigenvalue weighted by atomic mass is 16.6. The predicted octanol–water partition coefficient (Wildman–Crippen LogP) is 6.89. The second kappa shape index (κ2) is 8.55. The Morgan fingerprint density at radius 1 is 0.727 bits per heavy atom. The molecular weight excluding hydrogens is 412 g/mol. The molecule has 5 rings (SSSR count). The first-order chi connectivity index (χ1) is 16.1. The van der Waals surface area contributed by atoms with Gasteiger partial charge in [-0.25, -0.2) is 0 Å². The van der Waals surface area contributed by atoms with Crippen LogP contribution in [0.3, 0.4) is 0 Å². The van der Waals surface area contributed by atoms with E-state index >= 15 is 0 Å². The fourth-order valence-electron chi connectivity index (χ4n) is 4.12. The number of allylic oxidation sites excluding steroid dienone is 1. The van der Waals surface area contributed by atoms with Gasteiger partial charge in [0.15, 0.2) is 5.78 Å². The number of rotatable bonds is 6. The van der Waals surface area contributed by atoms with Crippen LogP contribution in [0.25, 0.3) is 6.08 Å². The predicted molar refractivity (Wildman–Crippen MR) is 130 cm³/mol. The van der Waals surface area contributed by atoms with Crippen molar-refractivity contribution in [3.63, 3.8) is 0 Å². The van der Waals surface area contributed by atoms with Crippen LogP contribution in [0.1, 0.15) is 21.5 Å². The average molecular weight is 432 g/mol. The van der Waals surface area contributed by atoms with Gasteiger partial charge in [-0.3, -0.25) is 14.9 Å². The molecule has 0 amide bonds. The number of nitro benzene ring substituents is 1. The van der Waals surface area contributed by atoms with Crippen molar-refractivity contribution in [3.05, 3.63) is 136 Å². The Labute approximate surface area is 191 Å². The molecule has 0 saturated carbocycles. The van der Waals surface area contributed by atoms with Crippen LogP contribution >= 0.6 is 0 Å². The molecule has 1 aliphatic carbocycles. The van der Waals surface area contributed by atoms with Gasteiger partial charge in [0, 0.05) is 46.8 Å². The molecule has 4 aromatic rings. The molecule has 0 heterocycles. The molecular formula is C28H20N2O3. The molecule has 0 saturated heterocycles. The molecule has 0 atom stereocenters. The zero-order valence-electron chi connectivity index (χ0n) is 17.7. The normalized spacial score (nSPS) is 12.2. The first-order valence-corrected chi connectivity index (χ1v) is 10.6. The minimum Gasteiger partial charge on any atom is -0.311 e. The fraction of sp³-hybridized carbons (Fsp3) is 0.0357. The number of non-ortho nitro benzene ring substituents is 1. The molecule has 160 valence electrons. The van der Waals surface area contributed by atoms with Gasteiger partial charge in [-0.1, -0.05) is 48.5 Å². The summed E-state index contributed by atoms with van der Waals surface area (Å²) in [5.41, 5.74) is 5.84.